The van der Waals surface area contributed by atoms with Crippen LogP contribution in [0.3, 0.4) is 0 Å². The zero-order valence-electron chi connectivity index (χ0n) is 12.8. The molecule has 0 aliphatic heterocycles. The molecule has 0 aliphatic rings. The zero-order valence-corrected chi connectivity index (χ0v) is 12.8. The molecule has 0 fully saturated rings. The summed E-state index contributed by atoms with van der Waals surface area (Å²) in [5.74, 6) is -1.11. The minimum atomic E-state index is -0.577. The average Bonchev–Trinajstić information content (AvgIpc) is 2.50. The fourth-order valence-electron chi connectivity index (χ4n) is 2.11. The number of hydrogen-bond acceptors (Lipinski definition) is 6. The van der Waals surface area contributed by atoms with Crippen LogP contribution >= 0.6 is 0 Å². The number of nitrogens with two attached hydrogens (primary N) is 2. The van der Waals surface area contributed by atoms with Crippen molar-refractivity contribution < 1.29 is 19.1 Å². The lowest BCUT2D eigenvalue weighted by Gasteiger charge is -2.11. The third-order valence-corrected chi connectivity index (χ3v) is 3.15. The summed E-state index contributed by atoms with van der Waals surface area (Å²) in [6.07, 6.45) is 0. The molecule has 6 nitrogen and oxygen atoms in total. The molecule has 0 radical (unpaired) electrons. The molecule has 0 heterocycles. The van der Waals surface area contributed by atoms with Crippen LogP contribution in [-0.2, 0) is 14.3 Å². The molecule has 2 aromatic carbocycles. The molecule has 0 atom stereocenters. The first-order valence-corrected chi connectivity index (χ1v) is 6.97. The third-order valence-electron chi connectivity index (χ3n) is 3.15. The Balaban J connectivity index is 2.12. The van der Waals surface area contributed by atoms with E-state index in [-0.39, 0.29) is 24.4 Å². The maximum absolute atomic E-state index is 12.3. The fraction of sp³-hybridized carbons (Fsp3) is 0.176. The van der Waals surface area contributed by atoms with Gasteiger partial charge in [-0.1, -0.05) is 18.7 Å². The van der Waals surface area contributed by atoms with E-state index in [0.717, 1.165) is 5.39 Å². The van der Waals surface area contributed by atoms with Gasteiger partial charge in [0.25, 0.3) is 0 Å². The first-order chi connectivity index (χ1) is 10.9. The largest absolute Gasteiger partial charge is 0.459 e. The van der Waals surface area contributed by atoms with E-state index in [1.807, 2.05) is 6.07 Å². The smallest absolute Gasteiger partial charge is 0.339 e. The number of anilines is 2. The van der Waals surface area contributed by atoms with Gasteiger partial charge in [-0.25, -0.2) is 9.59 Å². The Morgan fingerprint density at radius 1 is 1.13 bits per heavy atom. The number of benzene rings is 2. The number of carbonyl (C=O) groups is 2. The van der Waals surface area contributed by atoms with Gasteiger partial charge in [0.2, 0.25) is 0 Å². The Bertz CT molecular complexity index is 784. The Hall–Kier alpha value is -3.02. The van der Waals surface area contributed by atoms with E-state index in [1.54, 1.807) is 18.2 Å². The molecule has 0 saturated carbocycles. The molecule has 0 bridgehead atoms. The molecule has 2 rings (SSSR count). The molecule has 0 aliphatic carbocycles. The minimum absolute atomic E-state index is 0.0484. The molecule has 2 aromatic rings. The number of nitrogen functional groups attached to an aromatic ring is 2. The van der Waals surface area contributed by atoms with Gasteiger partial charge in [-0.3, -0.25) is 0 Å². The highest BCUT2D eigenvalue weighted by atomic mass is 16.6. The van der Waals surface area contributed by atoms with Crippen molar-refractivity contribution in [1.29, 1.82) is 0 Å². The van der Waals surface area contributed by atoms with Crippen molar-refractivity contribution >= 4 is 34.1 Å². The van der Waals surface area contributed by atoms with Crippen LogP contribution in [0.1, 0.15) is 17.3 Å². The van der Waals surface area contributed by atoms with E-state index in [9.17, 15) is 9.59 Å². The minimum Gasteiger partial charge on any atom is -0.459 e. The molecule has 4 N–H and O–H groups in total. The normalized spacial score (nSPS) is 10.3. The van der Waals surface area contributed by atoms with Crippen molar-refractivity contribution in [1.82, 2.24) is 0 Å². The van der Waals surface area contributed by atoms with Gasteiger partial charge in [-0.15, -0.1) is 0 Å². The van der Waals surface area contributed by atoms with Gasteiger partial charge in [0, 0.05) is 22.3 Å². The van der Waals surface area contributed by atoms with Gasteiger partial charge in [-0.05, 0) is 30.5 Å². The monoisotopic (exact) mass is 314 g/mol. The summed E-state index contributed by atoms with van der Waals surface area (Å²) in [7, 11) is 0. The lowest BCUT2D eigenvalue weighted by atomic mass is 10.0. The fourth-order valence-corrected chi connectivity index (χ4v) is 2.11. The number of ether oxygens (including phenoxy) is 2. The quantitative estimate of drug-likeness (QED) is 0.380. The molecule has 0 saturated heterocycles. The van der Waals surface area contributed by atoms with Gasteiger partial charge in [-0.2, -0.15) is 0 Å². The van der Waals surface area contributed by atoms with Crippen LogP contribution < -0.4 is 11.5 Å². The summed E-state index contributed by atoms with van der Waals surface area (Å²) in [5.41, 5.74) is 13.2. The van der Waals surface area contributed by atoms with Crippen LogP contribution in [0.4, 0.5) is 11.4 Å². The summed E-state index contributed by atoms with van der Waals surface area (Å²) in [6.45, 7) is 4.88. The molecule has 0 unspecified atom stereocenters. The van der Waals surface area contributed by atoms with E-state index < -0.39 is 11.9 Å². The molecule has 0 spiro atoms. The lowest BCUT2D eigenvalue weighted by molar-refractivity contribution is -0.140. The van der Waals surface area contributed by atoms with Crippen LogP contribution in [0.2, 0.25) is 0 Å². The summed E-state index contributed by atoms with van der Waals surface area (Å²) < 4.78 is 9.98. The second-order valence-electron chi connectivity index (χ2n) is 5.07. The highest BCUT2D eigenvalue weighted by Gasteiger charge is 2.15. The molecule has 120 valence electrons. The topological polar surface area (TPSA) is 105 Å². The number of carbonyl (C=O) groups excluding carboxylic acids is 2. The van der Waals surface area contributed by atoms with E-state index >= 15 is 0 Å². The average molecular weight is 314 g/mol. The van der Waals surface area contributed by atoms with E-state index in [1.165, 1.54) is 13.0 Å². The zero-order chi connectivity index (χ0) is 17.0. The van der Waals surface area contributed by atoms with Crippen molar-refractivity contribution in [2.45, 2.75) is 6.92 Å². The highest BCUT2D eigenvalue weighted by Crippen LogP contribution is 2.28. The van der Waals surface area contributed by atoms with Crippen molar-refractivity contribution in [2.75, 3.05) is 24.7 Å². The molecule has 6 heteroatoms. The summed E-state index contributed by atoms with van der Waals surface area (Å²) in [5, 5.41) is 1.34. The lowest BCUT2D eigenvalue weighted by Crippen LogP contribution is -2.15. The predicted molar refractivity (Wildman–Crippen MR) is 88.8 cm³/mol. The van der Waals surface area contributed by atoms with Gasteiger partial charge in [0.15, 0.2) is 0 Å². The number of fused-ring (bicyclic) bond motifs is 1. The van der Waals surface area contributed by atoms with Crippen LogP contribution in [-0.4, -0.2) is 25.2 Å². The summed E-state index contributed by atoms with van der Waals surface area (Å²) >= 11 is 0. The number of rotatable bonds is 5. The van der Waals surface area contributed by atoms with Gasteiger partial charge in [0.1, 0.15) is 13.2 Å². The molecule has 0 aromatic heterocycles. The van der Waals surface area contributed by atoms with Crippen LogP contribution in [0.25, 0.3) is 10.8 Å². The maximum atomic E-state index is 12.3. The van der Waals surface area contributed by atoms with Crippen molar-refractivity contribution in [3.63, 3.8) is 0 Å². The van der Waals surface area contributed by atoms with E-state index in [0.29, 0.717) is 16.8 Å². The summed E-state index contributed by atoms with van der Waals surface area (Å²) in [4.78, 5) is 23.5. The molecular weight excluding hydrogens is 296 g/mol. The predicted octanol–water partition coefficient (Wildman–Crippen LogP) is 2.28. The second-order valence-corrected chi connectivity index (χ2v) is 5.07. The van der Waals surface area contributed by atoms with E-state index in [4.69, 9.17) is 20.9 Å². The first kappa shape index (κ1) is 16.4. The maximum Gasteiger partial charge on any atom is 0.339 e. The Labute approximate surface area is 133 Å². The molecular formula is C17H18N2O4. The third kappa shape index (κ3) is 3.79. The van der Waals surface area contributed by atoms with Crippen LogP contribution in [0.15, 0.2) is 42.5 Å². The first-order valence-electron chi connectivity index (χ1n) is 6.97. The molecule has 23 heavy (non-hydrogen) atoms. The van der Waals surface area contributed by atoms with Crippen molar-refractivity contribution in [2.24, 2.45) is 0 Å². The van der Waals surface area contributed by atoms with Crippen LogP contribution in [0, 0.1) is 0 Å². The second kappa shape index (κ2) is 6.83. The number of hydrogen-bond donors (Lipinski definition) is 2. The standard InChI is InChI=1S/C17H18N2O4/c1-10(2)16(20)22-6-7-23-17(21)13-9-12(18)8-11-4-3-5-14(19)15(11)13/h3-5,8-9H,1,6-7,18-19H2,2H3. The number of esters is 2. The van der Waals surface area contributed by atoms with Crippen molar-refractivity contribution in [3.8, 4) is 0 Å². The van der Waals surface area contributed by atoms with Crippen LogP contribution in [0.5, 0.6) is 0 Å². The Kier molecular flexibility index (Phi) is 4.85. The SMILES string of the molecule is C=C(C)C(=O)OCCOC(=O)c1cc(N)cc2cccc(N)c12. The highest BCUT2D eigenvalue weighted by molar-refractivity contribution is 6.10. The molecule has 0 amide bonds. The van der Waals surface area contributed by atoms with Gasteiger partial charge in [0.05, 0.1) is 5.56 Å². The Morgan fingerprint density at radius 3 is 2.52 bits per heavy atom. The van der Waals surface area contributed by atoms with Crippen molar-refractivity contribution in [3.05, 3.63) is 48.0 Å². The van der Waals surface area contributed by atoms with Gasteiger partial charge < -0.3 is 20.9 Å². The summed E-state index contributed by atoms with van der Waals surface area (Å²) in [6, 6.07) is 8.54. The Morgan fingerprint density at radius 2 is 1.83 bits per heavy atom. The van der Waals surface area contributed by atoms with Gasteiger partial charge >= 0.3 is 11.9 Å². The van der Waals surface area contributed by atoms with E-state index in [2.05, 4.69) is 6.58 Å².